The summed E-state index contributed by atoms with van der Waals surface area (Å²) in [5.41, 5.74) is 1.55. The quantitative estimate of drug-likeness (QED) is 0.523. The summed E-state index contributed by atoms with van der Waals surface area (Å²) in [6.45, 7) is 0. The van der Waals surface area contributed by atoms with Crippen LogP contribution in [0.2, 0.25) is 10.0 Å². The minimum atomic E-state index is -0.221. The van der Waals surface area contributed by atoms with E-state index in [1.165, 1.54) is 11.8 Å². The van der Waals surface area contributed by atoms with Gasteiger partial charge in [0.15, 0.2) is 5.17 Å². The molecule has 1 saturated heterocycles. The van der Waals surface area contributed by atoms with E-state index in [1.807, 2.05) is 36.4 Å². The Morgan fingerprint density at radius 1 is 1.00 bits per heavy atom. The van der Waals surface area contributed by atoms with Crippen molar-refractivity contribution < 1.29 is 9.21 Å². The Kier molecular flexibility index (Phi) is 5.07. The summed E-state index contributed by atoms with van der Waals surface area (Å²) in [5.74, 6) is 1.04. The Morgan fingerprint density at radius 2 is 1.78 bits per heavy atom. The molecule has 27 heavy (non-hydrogen) atoms. The highest BCUT2D eigenvalue weighted by atomic mass is 35.5. The Bertz CT molecular complexity index is 1090. The first-order chi connectivity index (χ1) is 13.1. The predicted molar refractivity (Wildman–Crippen MR) is 111 cm³/mol. The lowest BCUT2D eigenvalue weighted by atomic mass is 10.2. The number of hydrogen-bond acceptors (Lipinski definition) is 4. The van der Waals surface area contributed by atoms with Gasteiger partial charge in [-0.3, -0.25) is 4.79 Å². The molecule has 0 bridgehead atoms. The van der Waals surface area contributed by atoms with Crippen molar-refractivity contribution in [2.45, 2.75) is 0 Å². The molecule has 2 heterocycles. The molecule has 1 aliphatic rings. The molecule has 0 unspecified atom stereocenters. The van der Waals surface area contributed by atoms with Gasteiger partial charge in [-0.15, -0.1) is 0 Å². The van der Waals surface area contributed by atoms with Crippen molar-refractivity contribution in [3.05, 3.63) is 81.4 Å². The van der Waals surface area contributed by atoms with Gasteiger partial charge in [0.25, 0.3) is 5.91 Å². The van der Waals surface area contributed by atoms with E-state index >= 15 is 0 Å². The Hall–Kier alpha value is -2.47. The molecule has 1 aromatic heterocycles. The number of nitrogens with zero attached hydrogens (tertiary/aromatic N) is 1. The highest BCUT2D eigenvalue weighted by molar-refractivity contribution is 8.18. The smallest absolute Gasteiger partial charge is 0.264 e. The van der Waals surface area contributed by atoms with Crippen LogP contribution in [0.3, 0.4) is 0 Å². The lowest BCUT2D eigenvalue weighted by molar-refractivity contribution is -0.115. The third-order valence-electron chi connectivity index (χ3n) is 3.70. The number of rotatable bonds is 3. The van der Waals surface area contributed by atoms with Crippen molar-refractivity contribution in [2.75, 3.05) is 0 Å². The molecule has 3 aromatic rings. The molecule has 0 saturated carbocycles. The predicted octanol–water partition coefficient (Wildman–Crippen LogP) is 6.15. The first kappa shape index (κ1) is 17.9. The van der Waals surface area contributed by atoms with Crippen LogP contribution in [0.5, 0.6) is 0 Å². The SMILES string of the molecule is O=C1NC(=Nc2cccc(Cl)c2)S/C1=C/c1ccc(-c2cccc(Cl)c2)o1. The summed E-state index contributed by atoms with van der Waals surface area (Å²) in [7, 11) is 0. The van der Waals surface area contributed by atoms with Gasteiger partial charge in [0.2, 0.25) is 0 Å². The number of carbonyl (C=O) groups is 1. The molecule has 0 spiro atoms. The van der Waals surface area contributed by atoms with E-state index in [0.29, 0.717) is 37.3 Å². The Labute approximate surface area is 169 Å². The summed E-state index contributed by atoms with van der Waals surface area (Å²) in [5, 5.41) is 4.46. The third kappa shape index (κ3) is 4.27. The largest absolute Gasteiger partial charge is 0.457 e. The minimum absolute atomic E-state index is 0.221. The minimum Gasteiger partial charge on any atom is -0.457 e. The van der Waals surface area contributed by atoms with Crippen LogP contribution in [0, 0.1) is 0 Å². The maximum atomic E-state index is 12.2. The first-order valence-corrected chi connectivity index (χ1v) is 9.55. The molecule has 0 radical (unpaired) electrons. The van der Waals surface area contributed by atoms with E-state index in [0.717, 1.165) is 5.56 Å². The fourth-order valence-electron chi connectivity index (χ4n) is 2.50. The van der Waals surface area contributed by atoms with Gasteiger partial charge < -0.3 is 9.73 Å². The molecule has 2 aromatic carbocycles. The number of halogens is 2. The van der Waals surface area contributed by atoms with Crippen molar-refractivity contribution in [1.82, 2.24) is 5.32 Å². The van der Waals surface area contributed by atoms with Gasteiger partial charge >= 0.3 is 0 Å². The molecule has 0 aliphatic carbocycles. The number of carbonyl (C=O) groups excluding carboxylic acids is 1. The average Bonchev–Trinajstić information content (AvgIpc) is 3.22. The fourth-order valence-corrected chi connectivity index (χ4v) is 3.70. The number of furan rings is 1. The normalized spacial score (nSPS) is 16.9. The first-order valence-electron chi connectivity index (χ1n) is 7.98. The van der Waals surface area contributed by atoms with Gasteiger partial charge in [0.05, 0.1) is 10.6 Å². The van der Waals surface area contributed by atoms with Gasteiger partial charge in [-0.1, -0.05) is 41.4 Å². The molecule has 7 heteroatoms. The summed E-state index contributed by atoms with van der Waals surface area (Å²) < 4.78 is 5.82. The molecule has 1 aliphatic heterocycles. The summed E-state index contributed by atoms with van der Waals surface area (Å²) >= 11 is 13.2. The monoisotopic (exact) mass is 414 g/mol. The molecule has 1 amide bonds. The van der Waals surface area contributed by atoms with Crippen molar-refractivity contribution in [1.29, 1.82) is 0 Å². The van der Waals surface area contributed by atoms with Crippen LogP contribution in [0.25, 0.3) is 17.4 Å². The van der Waals surface area contributed by atoms with Gasteiger partial charge in [-0.05, 0) is 54.2 Å². The standard InChI is InChI=1S/C20H12Cl2N2O2S/c21-13-4-1-3-12(9-13)17-8-7-16(26-17)11-18-19(25)24-20(27-18)23-15-6-2-5-14(22)10-15/h1-11H,(H,23,24,25)/b18-11+. The van der Waals surface area contributed by atoms with E-state index < -0.39 is 0 Å². The number of hydrogen-bond donors (Lipinski definition) is 1. The molecule has 134 valence electrons. The number of amidine groups is 1. The number of thioether (sulfide) groups is 1. The van der Waals surface area contributed by atoms with Crippen LogP contribution in [0.15, 0.2) is 75.0 Å². The Balaban J connectivity index is 1.55. The zero-order valence-corrected chi connectivity index (χ0v) is 16.1. The number of benzene rings is 2. The number of nitrogens with one attached hydrogen (secondary N) is 1. The van der Waals surface area contributed by atoms with Crippen molar-refractivity contribution in [3.8, 4) is 11.3 Å². The highest BCUT2D eigenvalue weighted by Crippen LogP contribution is 2.31. The van der Waals surface area contributed by atoms with Crippen molar-refractivity contribution in [2.24, 2.45) is 4.99 Å². The summed E-state index contributed by atoms with van der Waals surface area (Å²) in [4.78, 5) is 17.1. The molecule has 0 atom stereocenters. The molecule has 1 N–H and O–H groups in total. The lowest BCUT2D eigenvalue weighted by Crippen LogP contribution is -2.19. The molecular weight excluding hydrogens is 403 g/mol. The summed E-state index contributed by atoms with van der Waals surface area (Å²) in [6, 6.07) is 18.2. The maximum absolute atomic E-state index is 12.2. The second-order valence-electron chi connectivity index (χ2n) is 5.67. The van der Waals surface area contributed by atoms with Crippen LogP contribution in [-0.4, -0.2) is 11.1 Å². The van der Waals surface area contributed by atoms with Gasteiger partial charge in [-0.25, -0.2) is 4.99 Å². The van der Waals surface area contributed by atoms with E-state index in [9.17, 15) is 4.79 Å². The average molecular weight is 415 g/mol. The van der Waals surface area contributed by atoms with Crippen LogP contribution >= 0.6 is 35.0 Å². The second-order valence-corrected chi connectivity index (χ2v) is 7.58. The topological polar surface area (TPSA) is 54.6 Å². The highest BCUT2D eigenvalue weighted by Gasteiger charge is 2.24. The lowest BCUT2D eigenvalue weighted by Gasteiger charge is -1.97. The number of aliphatic imine (C=N–C) groups is 1. The Morgan fingerprint density at radius 3 is 2.56 bits per heavy atom. The van der Waals surface area contributed by atoms with Crippen LogP contribution in [0.1, 0.15) is 5.76 Å². The molecular formula is C20H12Cl2N2O2S. The van der Waals surface area contributed by atoms with Crippen LogP contribution in [-0.2, 0) is 4.79 Å². The molecule has 4 rings (SSSR count). The van der Waals surface area contributed by atoms with E-state index in [4.69, 9.17) is 27.6 Å². The number of amides is 1. The summed E-state index contributed by atoms with van der Waals surface area (Å²) in [6.07, 6.45) is 1.69. The van der Waals surface area contributed by atoms with E-state index in [-0.39, 0.29) is 5.91 Å². The van der Waals surface area contributed by atoms with Gasteiger partial charge in [0, 0.05) is 21.7 Å². The molecule has 4 nitrogen and oxygen atoms in total. The second kappa shape index (κ2) is 7.64. The zero-order valence-electron chi connectivity index (χ0n) is 13.8. The van der Waals surface area contributed by atoms with Crippen molar-refractivity contribution >= 4 is 57.8 Å². The van der Waals surface area contributed by atoms with E-state index in [2.05, 4.69) is 10.3 Å². The van der Waals surface area contributed by atoms with Gasteiger partial charge in [-0.2, -0.15) is 0 Å². The molecule has 1 fully saturated rings. The van der Waals surface area contributed by atoms with E-state index in [1.54, 1.807) is 30.3 Å². The van der Waals surface area contributed by atoms with Crippen molar-refractivity contribution in [3.63, 3.8) is 0 Å². The fraction of sp³-hybridized carbons (Fsp3) is 0. The zero-order chi connectivity index (χ0) is 18.8. The van der Waals surface area contributed by atoms with Crippen LogP contribution < -0.4 is 5.32 Å². The van der Waals surface area contributed by atoms with Gasteiger partial charge in [0.1, 0.15) is 11.5 Å². The third-order valence-corrected chi connectivity index (χ3v) is 5.08. The van der Waals surface area contributed by atoms with Crippen LogP contribution in [0.4, 0.5) is 5.69 Å². The maximum Gasteiger partial charge on any atom is 0.264 e.